The number of carbonyl (C=O) groups excluding carboxylic acids is 5. The number of amides is 4. The molecule has 0 unspecified atom stereocenters. The summed E-state index contributed by atoms with van der Waals surface area (Å²) in [5, 5.41) is 16.7. The molecule has 0 spiro atoms. The van der Waals surface area contributed by atoms with Crippen LogP contribution in [0.3, 0.4) is 0 Å². The number of halogens is 2. The van der Waals surface area contributed by atoms with E-state index >= 15 is 0 Å². The van der Waals surface area contributed by atoms with Crippen LogP contribution in [0.2, 0.25) is 0 Å². The van der Waals surface area contributed by atoms with Gasteiger partial charge in [0.25, 0.3) is 0 Å². The average molecular weight is 1490 g/mol. The van der Waals surface area contributed by atoms with Gasteiger partial charge in [-0.2, -0.15) is 6.67 Å². The molecule has 3 aromatic rings. The number of rotatable bonds is 19. The van der Waals surface area contributed by atoms with Crippen LogP contribution in [0.25, 0.3) is 0 Å². The maximum absolute atomic E-state index is 12.3. The number of nitro groups is 1. The third-order valence-corrected chi connectivity index (χ3v) is 19.3. The second kappa shape index (κ2) is 40.7. The van der Waals surface area contributed by atoms with Gasteiger partial charge in [-0.15, -0.1) is 6.58 Å². The predicted octanol–water partition coefficient (Wildman–Crippen LogP) is 13.6. The number of hydrogen-bond acceptors (Lipinski definition) is 15. The van der Waals surface area contributed by atoms with Gasteiger partial charge in [-0.25, -0.2) is 9.59 Å². The van der Waals surface area contributed by atoms with Crippen molar-refractivity contribution in [2.45, 2.75) is 184 Å². The zero-order valence-corrected chi connectivity index (χ0v) is 63.2. The van der Waals surface area contributed by atoms with Crippen molar-refractivity contribution in [1.82, 2.24) is 20.4 Å². The summed E-state index contributed by atoms with van der Waals surface area (Å²) in [6, 6.07) is 13.5. The molecular weight excluding hydrogens is 1380 g/mol. The van der Waals surface area contributed by atoms with Gasteiger partial charge in [0.15, 0.2) is 0 Å². The van der Waals surface area contributed by atoms with Gasteiger partial charge in [0, 0.05) is 62.8 Å². The summed E-state index contributed by atoms with van der Waals surface area (Å²) in [5.41, 5.74) is 12.2. The molecular formula is C74H106Cl2N7O14Ru-. The molecule has 5 heterocycles. The first-order valence-electron chi connectivity index (χ1n) is 33.7. The monoisotopic (exact) mass is 1490 g/mol. The molecule has 5 saturated heterocycles. The van der Waals surface area contributed by atoms with Gasteiger partial charge in [0.05, 0.1) is 62.9 Å². The fraction of sp³-hybridized carbons (Fsp3) is 0.541. The molecule has 4 amide bonds. The zero-order valence-electron chi connectivity index (χ0n) is 60.0. The fourth-order valence-corrected chi connectivity index (χ4v) is 14.1. The number of hydrogen-bond donors (Lipinski definition) is 2. The van der Waals surface area contributed by atoms with Gasteiger partial charge in [0.1, 0.15) is 18.5 Å². The Balaban J connectivity index is 0.000000239. The van der Waals surface area contributed by atoms with Crippen LogP contribution in [-0.2, 0) is 60.7 Å². The van der Waals surface area contributed by atoms with Crippen LogP contribution >= 0.6 is 19.4 Å². The van der Waals surface area contributed by atoms with Crippen LogP contribution in [0.1, 0.15) is 127 Å². The second-order valence-corrected chi connectivity index (χ2v) is 31.8. The number of ether oxygens (including phenoxy) is 6. The van der Waals surface area contributed by atoms with E-state index in [0.717, 1.165) is 38.6 Å². The summed E-state index contributed by atoms with van der Waals surface area (Å²) >= 11 is -2.06. The average Bonchev–Trinajstić information content (AvgIpc) is 1.61. The molecule has 21 nitrogen and oxygen atoms in total. The number of nitrogens with one attached hydrogen (secondary N) is 2. The van der Waals surface area contributed by atoms with E-state index in [-0.39, 0.29) is 72.1 Å². The first kappa shape index (κ1) is 82.2. The van der Waals surface area contributed by atoms with Crippen molar-refractivity contribution in [3.05, 3.63) is 154 Å². The number of aldehydes is 1. The van der Waals surface area contributed by atoms with Crippen LogP contribution in [0.15, 0.2) is 91.1 Å². The van der Waals surface area contributed by atoms with Crippen molar-refractivity contribution in [1.29, 1.82) is 0 Å². The molecule has 0 bridgehead atoms. The van der Waals surface area contributed by atoms with Crippen LogP contribution < -0.4 is 20.4 Å². The second-order valence-electron chi connectivity index (χ2n) is 26.1. The number of morpholine rings is 2. The van der Waals surface area contributed by atoms with E-state index in [4.69, 9.17) is 47.8 Å². The van der Waals surface area contributed by atoms with E-state index in [2.05, 4.69) is 125 Å². The number of nitro benzene ring substituents is 1. The van der Waals surface area contributed by atoms with Crippen molar-refractivity contribution in [3.8, 4) is 5.75 Å². The number of allylic oxidation sites excluding steroid dienone is 1. The summed E-state index contributed by atoms with van der Waals surface area (Å²) in [7, 11) is 15.5. The first-order valence-corrected chi connectivity index (χ1v) is 39.1. The van der Waals surface area contributed by atoms with Crippen LogP contribution in [0.5, 0.6) is 5.75 Å². The van der Waals surface area contributed by atoms with Crippen molar-refractivity contribution < 1.29 is 75.2 Å². The molecule has 8 rings (SSSR count). The van der Waals surface area contributed by atoms with Crippen molar-refractivity contribution in [3.63, 3.8) is 0 Å². The third-order valence-electron chi connectivity index (χ3n) is 17.4. The molecule has 98 heavy (non-hydrogen) atoms. The van der Waals surface area contributed by atoms with E-state index in [1.165, 1.54) is 69.0 Å². The van der Waals surface area contributed by atoms with Crippen molar-refractivity contribution in [2.24, 2.45) is 11.8 Å². The molecule has 10 atom stereocenters. The van der Waals surface area contributed by atoms with Gasteiger partial charge >= 0.3 is 131 Å². The van der Waals surface area contributed by atoms with Gasteiger partial charge in [0.2, 0.25) is 11.8 Å². The molecule has 0 saturated carbocycles. The van der Waals surface area contributed by atoms with Crippen LogP contribution in [0.4, 0.5) is 26.7 Å². The SMILES string of the molecule is C/C(C=O)=C\C[C@@H]1O[C@H](C)[C@H](NC(=O)/C=C\[C@H](C)OC(=O)N2CCOCC2)C[C@@H]1C.C=CC[C@@H]1O[C@H](C)[C@H](NC(=O)/C=C\[C@H](C)OC(=O)N2CCOCC2)C[C@@H]1C.Cc1cc(C)c(N2[CH-]N(c3c(C)cc(C)cc3C)CC2)c(C)c1.[CH2-][O+](c1ccc([N+](=O)[O-])cc1[CH]=[Ru]([Cl])[Cl])C(C)C. The Hall–Kier alpha value is -6.52. The Morgan fingerprint density at radius 3 is 1.51 bits per heavy atom. The molecule has 0 aromatic heterocycles. The molecule has 5 aliphatic heterocycles. The topological polar surface area (TPSA) is 224 Å². The predicted molar refractivity (Wildman–Crippen MR) is 386 cm³/mol. The normalized spacial score (nSPS) is 22.6. The number of anilines is 2. The number of aryl methyl sites for hydroxylation is 6. The molecule has 24 heteroatoms. The van der Waals surface area contributed by atoms with Gasteiger partial charge < -0.3 is 58.7 Å². The summed E-state index contributed by atoms with van der Waals surface area (Å²) in [6.45, 7) is 42.7. The van der Waals surface area contributed by atoms with E-state index in [0.29, 0.717) is 81.8 Å². The molecule has 0 aliphatic carbocycles. The zero-order chi connectivity index (χ0) is 72.5. The van der Waals surface area contributed by atoms with Crippen molar-refractivity contribution in [2.75, 3.05) is 75.5 Å². The quantitative estimate of drug-likeness (QED) is 0.0166. The fourth-order valence-electron chi connectivity index (χ4n) is 12.3. The molecule has 5 fully saturated rings. The minimum absolute atomic E-state index is 0.00603. The number of non-ortho nitro benzene ring substituents is 1. The van der Waals surface area contributed by atoms with Gasteiger partial charge in [-0.3, -0.25) is 14.4 Å². The van der Waals surface area contributed by atoms with Crippen molar-refractivity contribution >= 4 is 71.3 Å². The van der Waals surface area contributed by atoms with Gasteiger partial charge in [-0.1, -0.05) is 61.4 Å². The van der Waals surface area contributed by atoms with E-state index in [9.17, 15) is 34.1 Å². The molecule has 0 radical (unpaired) electrons. The number of benzene rings is 3. The molecule has 3 aromatic carbocycles. The minimum atomic E-state index is -2.06. The number of carbonyl (C=O) groups is 5. The Morgan fingerprint density at radius 2 is 1.13 bits per heavy atom. The Morgan fingerprint density at radius 1 is 0.714 bits per heavy atom. The van der Waals surface area contributed by atoms with E-state index in [1.807, 2.05) is 39.8 Å². The number of nitrogens with zero attached hydrogens (tertiary/aromatic N) is 5. The molecule has 544 valence electrons. The van der Waals surface area contributed by atoms with Crippen LogP contribution in [0, 0.1) is 77.3 Å². The van der Waals surface area contributed by atoms with Crippen LogP contribution in [-0.4, -0.2) is 170 Å². The molecule has 5 aliphatic rings. The summed E-state index contributed by atoms with van der Waals surface area (Å²) in [5.74, 6) is 0.850. The van der Waals surface area contributed by atoms with E-state index in [1.54, 1.807) is 53.4 Å². The van der Waals surface area contributed by atoms with Gasteiger partial charge in [-0.05, 0) is 154 Å². The standard InChI is InChI=1S/C22H34N2O6.C21H27N2.C20H32N2O5.C11H13NO3.2ClH.Ru/c1-15(14-25)5-7-20-16(2)13-19(18(4)30-20)23-21(26)8-6-17(3)29-22(27)24-9-11-28-12-10-24;1-14-9-16(3)20(17(4)10-14)22-7-8-23(13-22)21-18(5)11-15(2)12-19(21)6;1-5-6-18-14(2)13-17(16(4)27-18)21-19(23)8-7-15(3)26-20(24)22-9-11-25-12-10-22;1-8(2)15(4)11-6-5-10(12(13)14)7-9(11)3;;;/h5-6,8,14,16-20H,7,9-13H2,1-4H3,(H,23,26);9-13H,7-8H2,1-6H3;5,7-8,14-18H,1,6,9-13H2,2-4H3,(H,21,23);3,5-8H,4H2,1-2H3;2*1H;/q;-1;;;;;+2/p-2/b8-6-,15-5+;;8-7-;;;;/t16-,17-,18+,19+,20-;;14-,15-,16+,17+,18-;;;;/m0.0..../s1. The third kappa shape index (κ3) is 26.2. The summed E-state index contributed by atoms with van der Waals surface area (Å²) in [4.78, 5) is 77.7. The Bertz CT molecular complexity index is 3180. The Kier molecular flexibility index (Phi) is 34.1. The summed E-state index contributed by atoms with van der Waals surface area (Å²) in [6.07, 6.45) is 12.0. The first-order chi connectivity index (χ1) is 46.4. The molecule has 2 N–H and O–H groups in total. The Labute approximate surface area is 594 Å². The van der Waals surface area contributed by atoms with E-state index < -0.39 is 36.7 Å². The summed E-state index contributed by atoms with van der Waals surface area (Å²) < 4.78 is 37.5. The maximum atomic E-state index is 12.3.